The normalized spacial score (nSPS) is 11.0. The lowest BCUT2D eigenvalue weighted by molar-refractivity contribution is -0.385. The van der Waals surface area contributed by atoms with Crippen LogP contribution in [-0.2, 0) is 0 Å². The Balaban J connectivity index is 1.58. The van der Waals surface area contributed by atoms with E-state index in [9.17, 15) is 14.9 Å². The molecule has 8 nitrogen and oxygen atoms in total. The largest absolute Gasteiger partial charge is 0.309 e. The second-order valence-electron chi connectivity index (χ2n) is 8.24. The Labute approximate surface area is 226 Å². The molecule has 3 aromatic carbocycles. The second-order valence-corrected chi connectivity index (χ2v) is 9.15. The Morgan fingerprint density at radius 3 is 2.18 bits per heavy atom. The molecule has 0 saturated heterocycles. The minimum Gasteiger partial charge on any atom is -0.309 e. The lowest BCUT2D eigenvalue weighted by Gasteiger charge is -2.15. The highest BCUT2D eigenvalue weighted by Gasteiger charge is 2.19. The zero-order valence-corrected chi connectivity index (χ0v) is 21.4. The molecule has 0 fully saturated rings. The van der Waals surface area contributed by atoms with E-state index in [1.54, 1.807) is 6.21 Å². The lowest BCUT2D eigenvalue weighted by atomic mass is 10.1. The number of rotatable bonds is 7. The van der Waals surface area contributed by atoms with Crippen LogP contribution in [0, 0.1) is 10.1 Å². The van der Waals surface area contributed by atoms with Gasteiger partial charge in [-0.1, -0.05) is 76.6 Å². The number of pyridine rings is 1. The zero-order valence-electron chi connectivity index (χ0n) is 19.9. The number of nitrogens with zero attached hydrogens (tertiary/aromatic N) is 4. The van der Waals surface area contributed by atoms with Crippen molar-refractivity contribution in [2.45, 2.75) is 0 Å². The molecule has 1 N–H and O–H groups in total. The van der Waals surface area contributed by atoms with Crippen LogP contribution in [0.3, 0.4) is 0 Å². The maximum atomic E-state index is 12.6. The van der Waals surface area contributed by atoms with Crippen LogP contribution >= 0.6 is 15.9 Å². The number of benzene rings is 3. The predicted octanol–water partition coefficient (Wildman–Crippen LogP) is 6.64. The number of hydrogen-bond acceptors (Lipinski definition) is 5. The van der Waals surface area contributed by atoms with E-state index in [4.69, 9.17) is 0 Å². The molecule has 9 heteroatoms. The van der Waals surface area contributed by atoms with Crippen molar-refractivity contribution < 1.29 is 9.72 Å². The average Bonchev–Trinajstić information content (AvgIpc) is 3.33. The summed E-state index contributed by atoms with van der Waals surface area (Å²) in [7, 11) is 0. The van der Waals surface area contributed by atoms with Crippen LogP contribution in [0.2, 0.25) is 0 Å². The smallest absolute Gasteiger partial charge is 0.289 e. The summed E-state index contributed by atoms with van der Waals surface area (Å²) in [5.74, 6) is -0.576. The predicted molar refractivity (Wildman–Crippen MR) is 150 cm³/mol. The number of amides is 1. The highest BCUT2D eigenvalue weighted by Crippen LogP contribution is 2.35. The maximum Gasteiger partial charge on any atom is 0.289 e. The first-order valence-corrected chi connectivity index (χ1v) is 12.4. The monoisotopic (exact) mass is 565 g/mol. The summed E-state index contributed by atoms with van der Waals surface area (Å²) in [6.45, 7) is 0. The molecule has 38 heavy (non-hydrogen) atoms. The molecule has 0 aliphatic heterocycles. The molecule has 0 bridgehead atoms. The number of nitrogens with one attached hydrogen (secondary N) is 1. The van der Waals surface area contributed by atoms with E-state index in [0.717, 1.165) is 44.4 Å². The lowest BCUT2D eigenvalue weighted by Crippen LogP contribution is -2.19. The van der Waals surface area contributed by atoms with Gasteiger partial charge in [-0.05, 0) is 47.5 Å². The van der Waals surface area contributed by atoms with Gasteiger partial charge in [-0.3, -0.25) is 14.9 Å². The first-order valence-electron chi connectivity index (χ1n) is 11.6. The quantitative estimate of drug-likeness (QED) is 0.136. The fraction of sp³-hybridized carbons (Fsp3) is 0. The van der Waals surface area contributed by atoms with Gasteiger partial charge < -0.3 is 4.57 Å². The van der Waals surface area contributed by atoms with E-state index in [1.165, 1.54) is 12.1 Å². The Kier molecular flexibility index (Phi) is 7.19. The molecule has 0 aliphatic rings. The summed E-state index contributed by atoms with van der Waals surface area (Å²) in [4.78, 5) is 26.7. The van der Waals surface area contributed by atoms with Crippen molar-refractivity contribution in [2.75, 3.05) is 0 Å². The number of hydrogen-bond donors (Lipinski definition) is 1. The Hall–Kier alpha value is -4.89. The van der Waals surface area contributed by atoms with Crippen molar-refractivity contribution >= 4 is 33.7 Å². The van der Waals surface area contributed by atoms with E-state index in [-0.39, 0.29) is 11.4 Å². The van der Waals surface area contributed by atoms with Crippen LogP contribution in [0.5, 0.6) is 0 Å². The van der Waals surface area contributed by atoms with Gasteiger partial charge in [-0.2, -0.15) is 5.10 Å². The number of nitro groups is 1. The highest BCUT2D eigenvalue weighted by atomic mass is 79.9. The Morgan fingerprint density at radius 1 is 0.921 bits per heavy atom. The van der Waals surface area contributed by atoms with Crippen molar-refractivity contribution in [1.29, 1.82) is 0 Å². The van der Waals surface area contributed by atoms with Crippen LogP contribution in [0.25, 0.3) is 28.2 Å². The SMILES string of the molecule is O=C(N/N=C/c1cc(-c2ccccc2)n(-c2ccc(Br)cc2)c1-c1ccccc1)c1ccc([N+](=O)[O-])cn1. The zero-order chi connectivity index (χ0) is 26.5. The molecule has 0 unspecified atom stereocenters. The van der Waals surface area contributed by atoms with Crippen LogP contribution in [-0.4, -0.2) is 26.6 Å². The van der Waals surface area contributed by atoms with Gasteiger partial charge in [-0.25, -0.2) is 10.4 Å². The van der Waals surface area contributed by atoms with Gasteiger partial charge >= 0.3 is 0 Å². The van der Waals surface area contributed by atoms with Crippen LogP contribution < -0.4 is 5.43 Å². The average molecular weight is 566 g/mol. The fourth-order valence-electron chi connectivity index (χ4n) is 4.05. The van der Waals surface area contributed by atoms with Crippen molar-refractivity contribution in [2.24, 2.45) is 5.10 Å². The Bertz CT molecular complexity index is 1620. The van der Waals surface area contributed by atoms with E-state index in [0.29, 0.717) is 0 Å². The molecule has 2 heterocycles. The van der Waals surface area contributed by atoms with Crippen LogP contribution in [0.15, 0.2) is 119 Å². The minimum absolute atomic E-state index is 0.0217. The number of hydrazone groups is 1. The van der Waals surface area contributed by atoms with Gasteiger partial charge in [0.05, 0.1) is 22.5 Å². The van der Waals surface area contributed by atoms with E-state index < -0.39 is 10.8 Å². The van der Waals surface area contributed by atoms with Crippen molar-refractivity contribution in [3.8, 4) is 28.2 Å². The molecule has 0 aliphatic carbocycles. The number of carbonyl (C=O) groups excluding carboxylic acids is 1. The molecule has 0 spiro atoms. The van der Waals surface area contributed by atoms with E-state index in [2.05, 4.69) is 36.0 Å². The number of carbonyl (C=O) groups is 1. The van der Waals surface area contributed by atoms with Gasteiger partial charge in [0, 0.05) is 21.8 Å². The maximum absolute atomic E-state index is 12.6. The molecular weight excluding hydrogens is 546 g/mol. The van der Waals surface area contributed by atoms with Crippen molar-refractivity contribution in [3.05, 3.63) is 135 Å². The summed E-state index contributed by atoms with van der Waals surface area (Å²) in [5.41, 5.74) is 7.90. The van der Waals surface area contributed by atoms with Gasteiger partial charge in [0.25, 0.3) is 11.6 Å². The molecule has 186 valence electrons. The van der Waals surface area contributed by atoms with Crippen molar-refractivity contribution in [1.82, 2.24) is 15.0 Å². The summed E-state index contributed by atoms with van der Waals surface area (Å²) in [6.07, 6.45) is 2.63. The molecule has 5 aromatic rings. The molecule has 0 saturated carbocycles. The third kappa shape index (κ3) is 5.28. The van der Waals surface area contributed by atoms with Gasteiger partial charge in [-0.15, -0.1) is 0 Å². The first kappa shape index (κ1) is 24.8. The molecular formula is C29H20BrN5O3. The molecule has 0 radical (unpaired) electrons. The van der Waals surface area contributed by atoms with Crippen LogP contribution in [0.1, 0.15) is 16.1 Å². The minimum atomic E-state index is -0.576. The molecule has 0 atom stereocenters. The Morgan fingerprint density at radius 2 is 1.58 bits per heavy atom. The molecule has 5 rings (SSSR count). The van der Waals surface area contributed by atoms with E-state index in [1.807, 2.05) is 91.0 Å². The second kappa shape index (κ2) is 11.0. The number of aromatic nitrogens is 2. The third-order valence-corrected chi connectivity index (χ3v) is 6.32. The molecule has 1 amide bonds. The summed E-state index contributed by atoms with van der Waals surface area (Å²) >= 11 is 3.52. The van der Waals surface area contributed by atoms with Crippen molar-refractivity contribution in [3.63, 3.8) is 0 Å². The number of halogens is 1. The fourth-order valence-corrected chi connectivity index (χ4v) is 4.31. The summed E-state index contributed by atoms with van der Waals surface area (Å²) in [5, 5.41) is 15.0. The summed E-state index contributed by atoms with van der Waals surface area (Å²) < 4.78 is 3.14. The molecule has 2 aromatic heterocycles. The van der Waals surface area contributed by atoms with Crippen LogP contribution in [0.4, 0.5) is 5.69 Å². The third-order valence-electron chi connectivity index (χ3n) is 5.79. The standard InChI is InChI=1S/C29H20BrN5O3/c30-23-11-13-24(14-12-23)34-27(20-7-3-1-4-8-20)17-22(28(34)21-9-5-2-6-10-21)18-32-33-29(36)26-16-15-25(19-31-26)35(37)38/h1-19H,(H,33,36)/b32-18+. The topological polar surface area (TPSA) is 102 Å². The van der Waals surface area contributed by atoms with E-state index >= 15 is 0 Å². The van der Waals surface area contributed by atoms with Gasteiger partial charge in [0.15, 0.2) is 0 Å². The first-order chi connectivity index (χ1) is 18.5. The van der Waals surface area contributed by atoms with Gasteiger partial charge in [0.2, 0.25) is 0 Å². The summed E-state index contributed by atoms with van der Waals surface area (Å²) in [6, 6.07) is 32.6. The highest BCUT2D eigenvalue weighted by molar-refractivity contribution is 9.10. The van der Waals surface area contributed by atoms with Gasteiger partial charge in [0.1, 0.15) is 11.9 Å².